The fourth-order valence-electron chi connectivity index (χ4n) is 1.27. The van der Waals surface area contributed by atoms with E-state index in [0.29, 0.717) is 11.2 Å². The lowest BCUT2D eigenvalue weighted by molar-refractivity contribution is 0.418. The molecule has 3 nitrogen and oxygen atoms in total. The minimum absolute atomic E-state index is 0.636. The molecule has 0 aliphatic carbocycles. The van der Waals surface area contributed by atoms with E-state index in [0.717, 1.165) is 5.69 Å². The van der Waals surface area contributed by atoms with Gasteiger partial charge in [0.25, 0.3) is 0 Å². The van der Waals surface area contributed by atoms with Crippen LogP contribution in [0.3, 0.4) is 0 Å². The van der Waals surface area contributed by atoms with E-state index < -0.39 is 0 Å². The van der Waals surface area contributed by atoms with Gasteiger partial charge in [0.15, 0.2) is 0 Å². The smallest absolute Gasteiger partial charge is 0.119 e. The summed E-state index contributed by atoms with van der Waals surface area (Å²) < 4.78 is 7.02. The van der Waals surface area contributed by atoms with Crippen LogP contribution < -0.4 is 10.2 Å². The molecule has 0 saturated heterocycles. The molecule has 0 amide bonds. The Balaban J connectivity index is 2.46. The van der Waals surface area contributed by atoms with Crippen LogP contribution in [0.4, 0.5) is 0 Å². The summed E-state index contributed by atoms with van der Waals surface area (Å²) in [5.74, 6) is 0.677. The zero-order valence-electron chi connectivity index (χ0n) is 7.84. The molecule has 0 saturated carbocycles. The van der Waals surface area contributed by atoms with E-state index in [2.05, 4.69) is 4.98 Å². The molecule has 0 fully saturated rings. The Morgan fingerprint density at radius 3 is 2.93 bits per heavy atom. The molecular formula is C10H9BN2O. The molecule has 2 radical (unpaired) electrons. The second-order valence-electron chi connectivity index (χ2n) is 2.90. The van der Waals surface area contributed by atoms with E-state index in [1.807, 2.05) is 29.0 Å². The lowest BCUT2D eigenvalue weighted by Crippen LogP contribution is -2.07. The van der Waals surface area contributed by atoms with Crippen LogP contribution in [-0.2, 0) is 0 Å². The first-order valence-corrected chi connectivity index (χ1v) is 4.23. The molecule has 1 heterocycles. The predicted octanol–water partition coefficient (Wildman–Crippen LogP) is 0.675. The molecule has 0 bridgehead atoms. The SMILES string of the molecule is [B]c1ccc(-n2ccnc2)cc1OC. The molecule has 0 N–H and O–H groups in total. The molecule has 4 heteroatoms. The van der Waals surface area contributed by atoms with Gasteiger partial charge >= 0.3 is 0 Å². The lowest BCUT2D eigenvalue weighted by atomic mass is 9.95. The topological polar surface area (TPSA) is 27.1 Å². The molecule has 0 aliphatic heterocycles. The Bertz CT molecular complexity index is 426. The van der Waals surface area contributed by atoms with Crippen LogP contribution in [0.15, 0.2) is 36.9 Å². The highest BCUT2D eigenvalue weighted by Crippen LogP contribution is 2.13. The molecule has 0 unspecified atom stereocenters. The van der Waals surface area contributed by atoms with Gasteiger partial charge in [0.2, 0.25) is 0 Å². The van der Waals surface area contributed by atoms with Crippen LogP contribution in [0.5, 0.6) is 5.75 Å². The van der Waals surface area contributed by atoms with E-state index in [1.54, 1.807) is 19.6 Å². The fourth-order valence-corrected chi connectivity index (χ4v) is 1.27. The van der Waals surface area contributed by atoms with Crippen molar-refractivity contribution < 1.29 is 4.74 Å². The zero-order valence-corrected chi connectivity index (χ0v) is 7.84. The average molecular weight is 184 g/mol. The molecule has 68 valence electrons. The first-order valence-electron chi connectivity index (χ1n) is 4.23. The number of imidazole rings is 1. The summed E-state index contributed by atoms with van der Waals surface area (Å²) in [7, 11) is 7.30. The summed E-state index contributed by atoms with van der Waals surface area (Å²) in [6.45, 7) is 0. The van der Waals surface area contributed by atoms with Gasteiger partial charge in [-0.25, -0.2) is 4.98 Å². The summed E-state index contributed by atoms with van der Waals surface area (Å²) in [5.41, 5.74) is 1.62. The zero-order chi connectivity index (χ0) is 9.97. The Morgan fingerprint density at radius 2 is 2.29 bits per heavy atom. The van der Waals surface area contributed by atoms with Crippen LogP contribution in [0.2, 0.25) is 0 Å². The van der Waals surface area contributed by atoms with E-state index in [1.165, 1.54) is 0 Å². The van der Waals surface area contributed by atoms with Crippen LogP contribution in [-0.4, -0.2) is 24.5 Å². The summed E-state index contributed by atoms with van der Waals surface area (Å²) in [6.07, 6.45) is 5.32. The summed E-state index contributed by atoms with van der Waals surface area (Å²) in [6, 6.07) is 5.60. The van der Waals surface area contributed by atoms with Gasteiger partial charge in [-0.15, -0.1) is 0 Å². The van der Waals surface area contributed by atoms with Gasteiger partial charge in [0.05, 0.1) is 19.1 Å². The molecule has 1 aromatic heterocycles. The van der Waals surface area contributed by atoms with Gasteiger partial charge in [-0.1, -0.05) is 11.5 Å². The van der Waals surface area contributed by atoms with E-state index in [-0.39, 0.29) is 0 Å². The van der Waals surface area contributed by atoms with Crippen LogP contribution in [0.1, 0.15) is 0 Å². The minimum Gasteiger partial charge on any atom is -0.497 e. The quantitative estimate of drug-likeness (QED) is 0.641. The number of methoxy groups -OCH3 is 1. The third kappa shape index (κ3) is 1.51. The number of nitrogens with zero attached hydrogens (tertiary/aromatic N) is 2. The highest BCUT2D eigenvalue weighted by Gasteiger charge is 2.00. The van der Waals surface area contributed by atoms with Crippen molar-refractivity contribution in [2.24, 2.45) is 0 Å². The fraction of sp³-hybridized carbons (Fsp3) is 0.100. The van der Waals surface area contributed by atoms with Crippen molar-refractivity contribution in [3.05, 3.63) is 36.9 Å². The number of benzene rings is 1. The first-order chi connectivity index (χ1) is 6.81. The maximum Gasteiger partial charge on any atom is 0.119 e. The second kappa shape index (κ2) is 3.58. The molecule has 0 aliphatic rings. The Morgan fingerprint density at radius 1 is 1.43 bits per heavy atom. The second-order valence-corrected chi connectivity index (χ2v) is 2.90. The third-order valence-electron chi connectivity index (χ3n) is 2.02. The van der Waals surface area contributed by atoms with Crippen molar-refractivity contribution in [2.45, 2.75) is 0 Å². The van der Waals surface area contributed by atoms with Gasteiger partial charge in [-0.3, -0.25) is 0 Å². The number of ether oxygens (including phenoxy) is 1. The van der Waals surface area contributed by atoms with Crippen LogP contribution in [0, 0.1) is 0 Å². The number of aromatic nitrogens is 2. The van der Waals surface area contributed by atoms with E-state index in [4.69, 9.17) is 12.6 Å². The van der Waals surface area contributed by atoms with Crippen molar-refractivity contribution in [3.8, 4) is 11.4 Å². The molecule has 14 heavy (non-hydrogen) atoms. The Hall–Kier alpha value is -1.71. The van der Waals surface area contributed by atoms with Gasteiger partial charge in [-0.05, 0) is 6.07 Å². The highest BCUT2D eigenvalue weighted by atomic mass is 16.5. The molecule has 1 aromatic carbocycles. The molecule has 2 rings (SSSR count). The Labute approximate surface area is 83.8 Å². The average Bonchev–Trinajstić information content (AvgIpc) is 2.71. The van der Waals surface area contributed by atoms with Gasteiger partial charge < -0.3 is 9.30 Å². The molecule has 0 spiro atoms. The largest absolute Gasteiger partial charge is 0.497 e. The van der Waals surface area contributed by atoms with Gasteiger partial charge in [0.1, 0.15) is 13.6 Å². The maximum atomic E-state index is 5.70. The third-order valence-corrected chi connectivity index (χ3v) is 2.02. The number of hydrogen-bond donors (Lipinski definition) is 0. The van der Waals surface area contributed by atoms with Gasteiger partial charge in [0, 0.05) is 18.5 Å². The Kier molecular flexibility index (Phi) is 2.27. The number of hydrogen-bond acceptors (Lipinski definition) is 2. The minimum atomic E-state index is 0.636. The summed E-state index contributed by atoms with van der Waals surface area (Å²) in [5, 5.41) is 0. The molecule has 2 aromatic rings. The van der Waals surface area contributed by atoms with Crippen molar-refractivity contribution in [3.63, 3.8) is 0 Å². The van der Waals surface area contributed by atoms with E-state index >= 15 is 0 Å². The highest BCUT2D eigenvalue weighted by molar-refractivity contribution is 6.34. The lowest BCUT2D eigenvalue weighted by Gasteiger charge is -2.08. The normalized spacial score (nSPS) is 10.1. The van der Waals surface area contributed by atoms with Crippen molar-refractivity contribution in [1.82, 2.24) is 9.55 Å². The maximum absolute atomic E-state index is 5.70. The summed E-state index contributed by atoms with van der Waals surface area (Å²) in [4.78, 5) is 3.97. The summed E-state index contributed by atoms with van der Waals surface area (Å²) >= 11 is 0. The van der Waals surface area contributed by atoms with Crippen LogP contribution in [0.25, 0.3) is 5.69 Å². The predicted molar refractivity (Wildman–Crippen MR) is 55.5 cm³/mol. The monoisotopic (exact) mass is 184 g/mol. The van der Waals surface area contributed by atoms with Crippen molar-refractivity contribution >= 4 is 13.3 Å². The van der Waals surface area contributed by atoms with E-state index in [9.17, 15) is 0 Å². The van der Waals surface area contributed by atoms with Crippen molar-refractivity contribution in [2.75, 3.05) is 7.11 Å². The van der Waals surface area contributed by atoms with Gasteiger partial charge in [-0.2, -0.15) is 0 Å². The first kappa shape index (κ1) is 8.87. The standard InChI is InChI=1S/C10H9BN2O/c1-14-10-6-8(2-3-9(10)11)13-5-4-12-7-13/h2-7H,1H3. The molecular weight excluding hydrogens is 175 g/mol. The van der Waals surface area contributed by atoms with Crippen LogP contribution >= 0.6 is 0 Å². The van der Waals surface area contributed by atoms with Crippen molar-refractivity contribution in [1.29, 1.82) is 0 Å². The number of rotatable bonds is 2. The molecule has 0 atom stereocenters.